The smallest absolute Gasteiger partial charge is 0.192 e. The van der Waals surface area contributed by atoms with E-state index >= 15 is 0 Å². The number of fused-ring (bicyclic) bond motifs is 1. The second-order valence-electron chi connectivity index (χ2n) is 6.59. The highest BCUT2D eigenvalue weighted by Crippen LogP contribution is 2.31. The van der Waals surface area contributed by atoms with Crippen molar-refractivity contribution in [2.24, 2.45) is 0 Å². The fourth-order valence-electron chi connectivity index (χ4n) is 3.61. The molecule has 126 valence electrons. The van der Waals surface area contributed by atoms with Crippen LogP contribution in [0.2, 0.25) is 0 Å². The van der Waals surface area contributed by atoms with Gasteiger partial charge in [-0.2, -0.15) is 0 Å². The molecule has 1 heterocycles. The molecule has 1 aliphatic rings. The first kappa shape index (κ1) is 17.0. The van der Waals surface area contributed by atoms with Gasteiger partial charge in [-0.3, -0.25) is 9.59 Å². The summed E-state index contributed by atoms with van der Waals surface area (Å²) in [6, 6.07) is 6.54. The summed E-state index contributed by atoms with van der Waals surface area (Å²) in [5.74, 6) is 0.0489. The van der Waals surface area contributed by atoms with Crippen molar-refractivity contribution in [1.29, 1.82) is 0 Å². The van der Waals surface area contributed by atoms with Crippen molar-refractivity contribution in [2.75, 3.05) is 0 Å². The molecule has 1 aliphatic carbocycles. The molecule has 1 atom stereocenters. The van der Waals surface area contributed by atoms with Gasteiger partial charge >= 0.3 is 0 Å². The third-order valence-electron chi connectivity index (χ3n) is 4.79. The molecule has 0 bridgehead atoms. The Morgan fingerprint density at radius 2 is 1.88 bits per heavy atom. The van der Waals surface area contributed by atoms with Crippen molar-refractivity contribution in [3.8, 4) is 0 Å². The molecule has 0 saturated carbocycles. The van der Waals surface area contributed by atoms with Crippen molar-refractivity contribution >= 4 is 23.3 Å². The lowest BCUT2D eigenvalue weighted by Gasteiger charge is -2.11. The Hall–Kier alpha value is -1.81. The van der Waals surface area contributed by atoms with E-state index in [9.17, 15) is 9.59 Å². The lowest BCUT2D eigenvalue weighted by atomic mass is 10.0. The van der Waals surface area contributed by atoms with E-state index in [1.807, 2.05) is 20.8 Å². The molecule has 1 N–H and O–H groups in total. The van der Waals surface area contributed by atoms with Gasteiger partial charge in [0.2, 0.25) is 0 Å². The van der Waals surface area contributed by atoms with Crippen LogP contribution in [0.15, 0.2) is 23.1 Å². The van der Waals surface area contributed by atoms with Crippen molar-refractivity contribution < 1.29 is 9.59 Å². The third kappa shape index (κ3) is 3.07. The van der Waals surface area contributed by atoms with E-state index < -0.39 is 0 Å². The molecule has 0 amide bonds. The zero-order chi connectivity index (χ0) is 17.4. The second-order valence-corrected chi connectivity index (χ2v) is 8.00. The fourth-order valence-corrected chi connectivity index (χ4v) is 4.60. The first-order valence-corrected chi connectivity index (χ1v) is 9.29. The standard InChI is InChI=1S/C20H23NO2S/c1-11-18(13(3)22)12(2)21-19(11)20(23)14(4)24-17-9-8-15-6-5-7-16(15)10-17/h8-10,14,21H,5-7H2,1-4H3/t14-/m0/s1. The van der Waals surface area contributed by atoms with Gasteiger partial charge in [-0.25, -0.2) is 0 Å². The monoisotopic (exact) mass is 341 g/mol. The maximum Gasteiger partial charge on any atom is 0.192 e. The Kier molecular flexibility index (Phi) is 4.68. The molecule has 24 heavy (non-hydrogen) atoms. The largest absolute Gasteiger partial charge is 0.355 e. The van der Waals surface area contributed by atoms with E-state index in [0.29, 0.717) is 11.3 Å². The summed E-state index contributed by atoms with van der Waals surface area (Å²) in [5.41, 5.74) is 5.63. The minimum Gasteiger partial charge on any atom is -0.355 e. The predicted octanol–water partition coefficient (Wildman–Crippen LogP) is 4.69. The van der Waals surface area contributed by atoms with Gasteiger partial charge in [0, 0.05) is 16.2 Å². The Bertz CT molecular complexity index is 819. The molecule has 1 aromatic heterocycles. The van der Waals surface area contributed by atoms with Crippen molar-refractivity contribution in [1.82, 2.24) is 4.98 Å². The van der Waals surface area contributed by atoms with Crippen LogP contribution in [0.1, 0.15) is 63.5 Å². The summed E-state index contributed by atoms with van der Waals surface area (Å²) >= 11 is 1.59. The molecule has 4 heteroatoms. The number of H-pyrrole nitrogens is 1. The SMILES string of the molecule is CC(=O)c1c(C)[nH]c(C(=O)[C@H](C)Sc2ccc3c(c2)CCC3)c1C. The van der Waals surface area contributed by atoms with E-state index in [4.69, 9.17) is 0 Å². The van der Waals surface area contributed by atoms with Gasteiger partial charge in [0.25, 0.3) is 0 Å². The summed E-state index contributed by atoms with van der Waals surface area (Å²) < 4.78 is 0. The van der Waals surface area contributed by atoms with Crippen LogP contribution in [0.25, 0.3) is 0 Å². The van der Waals surface area contributed by atoms with Gasteiger partial charge in [-0.05, 0) is 75.8 Å². The van der Waals surface area contributed by atoms with Crippen LogP contribution in [0.3, 0.4) is 0 Å². The number of hydrogen-bond donors (Lipinski definition) is 1. The number of benzene rings is 1. The quantitative estimate of drug-likeness (QED) is 0.634. The summed E-state index contributed by atoms with van der Waals surface area (Å²) in [4.78, 5) is 28.8. The van der Waals surface area contributed by atoms with Gasteiger partial charge in [0.15, 0.2) is 11.6 Å². The van der Waals surface area contributed by atoms with E-state index in [2.05, 4.69) is 23.2 Å². The van der Waals surface area contributed by atoms with Crippen LogP contribution in [0.5, 0.6) is 0 Å². The Labute approximate surface area is 147 Å². The molecule has 0 fully saturated rings. The number of ketones is 2. The number of rotatable bonds is 5. The van der Waals surface area contributed by atoms with E-state index in [1.165, 1.54) is 24.0 Å². The number of aromatic nitrogens is 1. The number of hydrogen-bond acceptors (Lipinski definition) is 3. The van der Waals surface area contributed by atoms with Crippen LogP contribution >= 0.6 is 11.8 Å². The third-order valence-corrected chi connectivity index (χ3v) is 5.88. The van der Waals surface area contributed by atoms with Crippen LogP contribution < -0.4 is 0 Å². The predicted molar refractivity (Wildman–Crippen MR) is 98.4 cm³/mol. The van der Waals surface area contributed by atoms with E-state index in [0.717, 1.165) is 22.6 Å². The van der Waals surface area contributed by atoms with Crippen LogP contribution in [0.4, 0.5) is 0 Å². The van der Waals surface area contributed by atoms with Gasteiger partial charge in [-0.15, -0.1) is 11.8 Å². The minimum absolute atomic E-state index is 0.000715. The topological polar surface area (TPSA) is 49.9 Å². The van der Waals surface area contributed by atoms with Gasteiger partial charge in [0.05, 0.1) is 10.9 Å². The van der Waals surface area contributed by atoms with Crippen molar-refractivity contribution in [3.63, 3.8) is 0 Å². The van der Waals surface area contributed by atoms with Crippen LogP contribution in [-0.4, -0.2) is 21.8 Å². The summed E-state index contributed by atoms with van der Waals surface area (Å²) in [7, 11) is 0. The number of aryl methyl sites for hydroxylation is 3. The average molecular weight is 341 g/mol. The van der Waals surface area contributed by atoms with Gasteiger partial charge in [0.1, 0.15) is 0 Å². The van der Waals surface area contributed by atoms with Crippen LogP contribution in [-0.2, 0) is 12.8 Å². The zero-order valence-corrected chi connectivity index (χ0v) is 15.5. The average Bonchev–Trinajstić information content (AvgIpc) is 3.10. The number of aromatic amines is 1. The molecular weight excluding hydrogens is 318 g/mol. The normalized spacial score (nSPS) is 14.5. The van der Waals surface area contributed by atoms with Crippen LogP contribution in [0, 0.1) is 13.8 Å². The summed E-state index contributed by atoms with van der Waals surface area (Å²) in [6.45, 7) is 7.17. The molecule has 1 aromatic carbocycles. The Balaban J connectivity index is 1.80. The van der Waals surface area contributed by atoms with E-state index in [1.54, 1.807) is 18.7 Å². The molecule has 0 saturated heterocycles. The highest BCUT2D eigenvalue weighted by Gasteiger charge is 2.24. The Morgan fingerprint density at radius 1 is 1.17 bits per heavy atom. The first-order valence-electron chi connectivity index (χ1n) is 8.41. The van der Waals surface area contributed by atoms with E-state index in [-0.39, 0.29) is 16.8 Å². The highest BCUT2D eigenvalue weighted by molar-refractivity contribution is 8.00. The first-order chi connectivity index (χ1) is 11.4. The number of carbonyl (C=O) groups excluding carboxylic acids is 2. The molecule has 0 radical (unpaired) electrons. The van der Waals surface area contributed by atoms with Gasteiger partial charge < -0.3 is 4.98 Å². The number of thioether (sulfide) groups is 1. The lowest BCUT2D eigenvalue weighted by molar-refractivity contribution is 0.0988. The van der Waals surface area contributed by atoms with Crippen molar-refractivity contribution in [2.45, 2.75) is 57.1 Å². The maximum absolute atomic E-state index is 12.8. The number of nitrogens with one attached hydrogen (secondary N) is 1. The number of carbonyl (C=O) groups is 2. The number of Topliss-reactive ketones (excluding diaryl/α,β-unsaturated/α-hetero) is 2. The second kappa shape index (κ2) is 6.60. The summed E-state index contributed by atoms with van der Waals surface area (Å²) in [6.07, 6.45) is 3.54. The highest BCUT2D eigenvalue weighted by atomic mass is 32.2. The molecule has 0 unspecified atom stereocenters. The fraction of sp³-hybridized carbons (Fsp3) is 0.400. The molecule has 2 aromatic rings. The maximum atomic E-state index is 12.8. The zero-order valence-electron chi connectivity index (χ0n) is 14.7. The Morgan fingerprint density at radius 3 is 2.54 bits per heavy atom. The summed E-state index contributed by atoms with van der Waals surface area (Å²) in [5, 5.41) is -0.194. The molecule has 3 nitrogen and oxygen atoms in total. The minimum atomic E-state index is -0.194. The molecule has 0 aliphatic heterocycles. The van der Waals surface area contributed by atoms with Crippen molar-refractivity contribution in [3.05, 3.63) is 51.8 Å². The molecule has 0 spiro atoms. The molecule has 3 rings (SSSR count). The lowest BCUT2D eigenvalue weighted by Crippen LogP contribution is -2.15. The van der Waals surface area contributed by atoms with Gasteiger partial charge in [-0.1, -0.05) is 6.07 Å². The molecular formula is C20H23NO2S.